The van der Waals surface area contributed by atoms with E-state index in [2.05, 4.69) is 0 Å². The predicted molar refractivity (Wildman–Crippen MR) is 78.2 cm³/mol. The zero-order chi connectivity index (χ0) is 17.7. The monoisotopic (exact) mass is 345 g/mol. The number of carbonyl (C=O) groups is 2. The number of likely N-dealkylation sites (tertiary alicyclic amines) is 1. The number of benzene rings is 1. The molecule has 1 amide bonds. The Kier molecular flexibility index (Phi) is 5.69. The van der Waals surface area contributed by atoms with Crippen molar-refractivity contribution in [3.8, 4) is 0 Å². The number of piperidine rings is 1. The Morgan fingerprint density at radius 2 is 1.88 bits per heavy atom. The lowest BCUT2D eigenvalue weighted by atomic mass is 9.90. The first kappa shape index (κ1) is 18.1. The molecule has 1 N–H and O–H groups in total. The van der Waals surface area contributed by atoms with E-state index in [0.717, 1.165) is 0 Å². The third-order valence-electron chi connectivity index (χ3n) is 3.96. The van der Waals surface area contributed by atoms with Gasteiger partial charge < -0.3 is 9.84 Å². The standard InChI is InChI=1S/C16H18F3NO4/c17-16(18,19)13-7-6-12(8-14(21)22)9-20(13)15(23)24-10-11-4-2-1-3-5-11/h1-5,12-13H,6-10H2,(H,21,22)/t12-,13-/m0/s1. The molecule has 1 fully saturated rings. The molecule has 0 bridgehead atoms. The maximum Gasteiger partial charge on any atom is 0.410 e. The van der Waals surface area contributed by atoms with Gasteiger partial charge in [-0.1, -0.05) is 30.3 Å². The molecule has 5 nitrogen and oxygen atoms in total. The van der Waals surface area contributed by atoms with E-state index in [4.69, 9.17) is 9.84 Å². The Morgan fingerprint density at radius 3 is 2.46 bits per heavy atom. The molecule has 1 saturated heterocycles. The van der Waals surface area contributed by atoms with Crippen LogP contribution in [0.3, 0.4) is 0 Å². The van der Waals surface area contributed by atoms with E-state index < -0.39 is 30.2 Å². The summed E-state index contributed by atoms with van der Waals surface area (Å²) < 4.78 is 44.4. The number of aliphatic carboxylic acids is 1. The first-order valence-corrected chi connectivity index (χ1v) is 7.53. The molecule has 2 rings (SSSR count). The number of nitrogens with zero attached hydrogens (tertiary/aromatic N) is 1. The normalized spacial score (nSPS) is 21.4. The summed E-state index contributed by atoms with van der Waals surface area (Å²) in [4.78, 5) is 23.5. The van der Waals surface area contributed by atoms with Crippen molar-refractivity contribution in [1.29, 1.82) is 0 Å². The predicted octanol–water partition coefficient (Wildman–Crippen LogP) is 3.44. The molecule has 0 spiro atoms. The van der Waals surface area contributed by atoms with Crippen LogP contribution in [0.2, 0.25) is 0 Å². The van der Waals surface area contributed by atoms with Crippen LogP contribution in [0.25, 0.3) is 0 Å². The molecule has 1 aromatic rings. The molecule has 0 unspecified atom stereocenters. The number of hydrogen-bond donors (Lipinski definition) is 1. The second-order valence-corrected chi connectivity index (χ2v) is 5.79. The Bertz CT molecular complexity index is 576. The fourth-order valence-electron chi connectivity index (χ4n) is 2.80. The first-order valence-electron chi connectivity index (χ1n) is 7.53. The van der Waals surface area contributed by atoms with Gasteiger partial charge in [-0.25, -0.2) is 4.79 Å². The molecule has 1 aliphatic rings. The second kappa shape index (κ2) is 7.55. The summed E-state index contributed by atoms with van der Waals surface area (Å²) in [5.74, 6) is -1.60. The van der Waals surface area contributed by atoms with Gasteiger partial charge in [-0.15, -0.1) is 0 Å². The zero-order valence-electron chi connectivity index (χ0n) is 12.8. The number of alkyl halides is 3. The van der Waals surface area contributed by atoms with Crippen LogP contribution in [0.15, 0.2) is 30.3 Å². The number of hydrogen-bond acceptors (Lipinski definition) is 3. The molecule has 0 radical (unpaired) electrons. The van der Waals surface area contributed by atoms with Crippen LogP contribution >= 0.6 is 0 Å². The molecular formula is C16H18F3NO4. The number of carbonyl (C=O) groups excluding carboxylic acids is 1. The molecule has 0 aliphatic carbocycles. The molecule has 1 aromatic carbocycles. The zero-order valence-corrected chi connectivity index (χ0v) is 12.8. The van der Waals surface area contributed by atoms with Gasteiger partial charge in [0.05, 0.1) is 0 Å². The van der Waals surface area contributed by atoms with Crippen LogP contribution in [0, 0.1) is 5.92 Å². The van der Waals surface area contributed by atoms with Gasteiger partial charge in [0.25, 0.3) is 0 Å². The van der Waals surface area contributed by atoms with Crippen molar-refractivity contribution in [3.05, 3.63) is 35.9 Å². The van der Waals surface area contributed by atoms with Crippen molar-refractivity contribution in [2.45, 2.75) is 38.1 Å². The lowest BCUT2D eigenvalue weighted by Gasteiger charge is -2.39. The fraction of sp³-hybridized carbons (Fsp3) is 0.500. The minimum Gasteiger partial charge on any atom is -0.481 e. The summed E-state index contributed by atoms with van der Waals surface area (Å²) >= 11 is 0. The van der Waals surface area contributed by atoms with Gasteiger partial charge in [-0.3, -0.25) is 9.69 Å². The van der Waals surface area contributed by atoms with Crippen LogP contribution in [0.4, 0.5) is 18.0 Å². The number of carboxylic acids is 1. The number of rotatable bonds is 4. The third-order valence-corrected chi connectivity index (χ3v) is 3.96. The summed E-state index contributed by atoms with van der Waals surface area (Å²) in [6.07, 6.45) is -6.12. The lowest BCUT2D eigenvalue weighted by Crippen LogP contribution is -2.53. The van der Waals surface area contributed by atoms with Crippen molar-refractivity contribution >= 4 is 12.1 Å². The highest BCUT2D eigenvalue weighted by molar-refractivity contribution is 5.69. The third kappa shape index (κ3) is 4.87. The van der Waals surface area contributed by atoms with Gasteiger partial charge in [-0.2, -0.15) is 13.2 Å². The van der Waals surface area contributed by atoms with Crippen molar-refractivity contribution in [2.24, 2.45) is 5.92 Å². The fourth-order valence-corrected chi connectivity index (χ4v) is 2.80. The van der Waals surface area contributed by atoms with Crippen LogP contribution in [0.1, 0.15) is 24.8 Å². The molecular weight excluding hydrogens is 327 g/mol. The Labute approximate surface area is 137 Å². The molecule has 0 aromatic heterocycles. The molecule has 0 saturated carbocycles. The first-order chi connectivity index (χ1) is 11.3. The van der Waals surface area contributed by atoms with Gasteiger partial charge in [-0.05, 0) is 24.3 Å². The van der Waals surface area contributed by atoms with E-state index in [1.54, 1.807) is 30.3 Å². The van der Waals surface area contributed by atoms with Crippen molar-refractivity contribution in [3.63, 3.8) is 0 Å². The summed E-state index contributed by atoms with van der Waals surface area (Å²) in [5.41, 5.74) is 0.661. The van der Waals surface area contributed by atoms with Gasteiger partial charge in [0, 0.05) is 13.0 Å². The minimum atomic E-state index is -4.57. The number of amides is 1. The number of carboxylic acid groups (broad SMARTS) is 1. The molecule has 24 heavy (non-hydrogen) atoms. The quantitative estimate of drug-likeness (QED) is 0.908. The van der Waals surface area contributed by atoms with E-state index in [0.29, 0.717) is 10.5 Å². The van der Waals surface area contributed by atoms with E-state index in [-0.39, 0.29) is 32.4 Å². The van der Waals surface area contributed by atoms with Crippen LogP contribution < -0.4 is 0 Å². The van der Waals surface area contributed by atoms with E-state index in [1.165, 1.54) is 0 Å². The van der Waals surface area contributed by atoms with Crippen molar-refractivity contribution in [2.75, 3.05) is 6.54 Å². The largest absolute Gasteiger partial charge is 0.481 e. The average Bonchev–Trinajstić information content (AvgIpc) is 2.52. The Morgan fingerprint density at radius 1 is 1.21 bits per heavy atom. The smallest absolute Gasteiger partial charge is 0.410 e. The molecule has 8 heteroatoms. The van der Waals surface area contributed by atoms with Crippen LogP contribution in [-0.2, 0) is 16.1 Å². The number of halogens is 3. The highest BCUT2D eigenvalue weighted by atomic mass is 19.4. The highest BCUT2D eigenvalue weighted by Crippen LogP contribution is 2.35. The SMILES string of the molecule is O=C(O)C[C@@H]1CC[C@@H](C(F)(F)F)N(C(=O)OCc2ccccc2)C1. The van der Waals surface area contributed by atoms with E-state index in [9.17, 15) is 22.8 Å². The summed E-state index contributed by atoms with van der Waals surface area (Å²) in [5, 5.41) is 8.81. The lowest BCUT2D eigenvalue weighted by molar-refractivity contribution is -0.189. The van der Waals surface area contributed by atoms with Crippen LogP contribution in [-0.4, -0.2) is 40.8 Å². The summed E-state index contributed by atoms with van der Waals surface area (Å²) in [6, 6.07) is 6.67. The molecule has 132 valence electrons. The van der Waals surface area contributed by atoms with Crippen molar-refractivity contribution < 1.29 is 32.6 Å². The maximum atomic E-state index is 13.1. The molecule has 2 atom stereocenters. The summed E-state index contributed by atoms with van der Waals surface area (Å²) in [6.45, 7) is -0.408. The molecule has 1 aliphatic heterocycles. The van der Waals surface area contributed by atoms with Gasteiger partial charge in [0.1, 0.15) is 12.6 Å². The minimum absolute atomic E-state index is 0.110. The topological polar surface area (TPSA) is 66.8 Å². The molecule has 1 heterocycles. The van der Waals surface area contributed by atoms with E-state index in [1.807, 2.05) is 0 Å². The number of ether oxygens (including phenoxy) is 1. The van der Waals surface area contributed by atoms with Gasteiger partial charge >= 0.3 is 18.2 Å². The summed E-state index contributed by atoms with van der Waals surface area (Å²) in [7, 11) is 0. The highest BCUT2D eigenvalue weighted by Gasteiger charge is 2.48. The van der Waals surface area contributed by atoms with Crippen molar-refractivity contribution in [1.82, 2.24) is 4.90 Å². The average molecular weight is 345 g/mol. The maximum absolute atomic E-state index is 13.1. The van der Waals surface area contributed by atoms with E-state index >= 15 is 0 Å². The van der Waals surface area contributed by atoms with Gasteiger partial charge in [0.15, 0.2) is 0 Å². The van der Waals surface area contributed by atoms with Gasteiger partial charge in [0.2, 0.25) is 0 Å². The Hall–Kier alpha value is -2.25. The van der Waals surface area contributed by atoms with Crippen LogP contribution in [0.5, 0.6) is 0 Å². The Balaban J connectivity index is 2.04. The second-order valence-electron chi connectivity index (χ2n) is 5.79.